The van der Waals surface area contributed by atoms with Crippen molar-refractivity contribution in [2.75, 3.05) is 10.6 Å². The third-order valence-corrected chi connectivity index (χ3v) is 3.65. The minimum Gasteiger partial charge on any atom is -0.459 e. The lowest BCUT2D eigenvalue weighted by Crippen LogP contribution is -2.20. The molecule has 0 bridgehead atoms. The van der Waals surface area contributed by atoms with E-state index >= 15 is 0 Å². The van der Waals surface area contributed by atoms with Crippen LogP contribution in [0.4, 0.5) is 15.8 Å². The van der Waals surface area contributed by atoms with Gasteiger partial charge in [0.15, 0.2) is 5.11 Å². The van der Waals surface area contributed by atoms with E-state index in [1.165, 1.54) is 42.5 Å². The van der Waals surface area contributed by atoms with Gasteiger partial charge in [-0.25, -0.2) is 14.0 Å². The fourth-order valence-electron chi connectivity index (χ4n) is 2.33. The Hall–Kier alpha value is -3.00. The molecule has 6 nitrogen and oxygen atoms in total. The van der Waals surface area contributed by atoms with Crippen LogP contribution in [-0.2, 0) is 9.47 Å². The molecule has 0 radical (unpaired) electrons. The quantitative estimate of drug-likeness (QED) is 0.517. The molecular formula is C21H23FN2O4S. The summed E-state index contributed by atoms with van der Waals surface area (Å²) in [5.74, 6) is -1.50. The third-order valence-electron chi connectivity index (χ3n) is 3.45. The summed E-state index contributed by atoms with van der Waals surface area (Å²) in [6.07, 6.45) is -0.627. The Labute approximate surface area is 174 Å². The molecule has 0 saturated carbocycles. The smallest absolute Gasteiger partial charge is 0.338 e. The van der Waals surface area contributed by atoms with Crippen LogP contribution in [0.2, 0.25) is 0 Å². The van der Waals surface area contributed by atoms with Crippen molar-refractivity contribution in [2.45, 2.75) is 39.9 Å². The van der Waals surface area contributed by atoms with Gasteiger partial charge in [-0.05, 0) is 82.4 Å². The molecule has 0 fully saturated rings. The van der Waals surface area contributed by atoms with Crippen LogP contribution in [0.3, 0.4) is 0 Å². The van der Waals surface area contributed by atoms with Crippen molar-refractivity contribution in [3.63, 3.8) is 0 Å². The van der Waals surface area contributed by atoms with E-state index in [9.17, 15) is 14.0 Å². The number of carbonyl (C=O) groups is 2. The zero-order valence-corrected chi connectivity index (χ0v) is 17.4. The number of benzene rings is 2. The zero-order chi connectivity index (χ0) is 21.6. The molecule has 0 spiro atoms. The minimum absolute atomic E-state index is 0.184. The van der Waals surface area contributed by atoms with Gasteiger partial charge in [0, 0.05) is 11.4 Å². The van der Waals surface area contributed by atoms with Crippen LogP contribution in [-0.4, -0.2) is 29.3 Å². The highest BCUT2D eigenvalue weighted by atomic mass is 32.1. The number of hydrogen-bond acceptors (Lipinski definition) is 5. The van der Waals surface area contributed by atoms with Crippen molar-refractivity contribution in [2.24, 2.45) is 0 Å². The van der Waals surface area contributed by atoms with Crippen LogP contribution in [0.1, 0.15) is 48.4 Å². The second-order valence-corrected chi connectivity index (χ2v) is 7.20. The SMILES string of the molecule is CC(C)OC(=O)c1cc(NC(=S)Nc2ccc(F)cc2)cc(C(=O)OC(C)C)c1. The molecule has 2 aromatic carbocycles. The molecule has 0 aromatic heterocycles. The predicted octanol–water partition coefficient (Wildman–Crippen LogP) is 4.77. The van der Waals surface area contributed by atoms with Gasteiger partial charge < -0.3 is 20.1 Å². The van der Waals surface area contributed by atoms with Crippen molar-refractivity contribution in [3.8, 4) is 0 Å². The second-order valence-electron chi connectivity index (χ2n) is 6.79. The van der Waals surface area contributed by atoms with Crippen LogP contribution in [0.25, 0.3) is 0 Å². The summed E-state index contributed by atoms with van der Waals surface area (Å²) in [5, 5.41) is 6.02. The molecule has 2 rings (SSSR count). The zero-order valence-electron chi connectivity index (χ0n) is 16.6. The molecule has 2 aromatic rings. The Kier molecular flexibility index (Phi) is 7.67. The summed E-state index contributed by atoms with van der Waals surface area (Å²) in [4.78, 5) is 24.7. The van der Waals surface area contributed by atoms with Crippen molar-refractivity contribution < 1.29 is 23.5 Å². The summed E-state index contributed by atoms with van der Waals surface area (Å²) < 4.78 is 23.5. The molecule has 0 unspecified atom stereocenters. The molecular weight excluding hydrogens is 395 g/mol. The van der Waals surface area contributed by atoms with Crippen LogP contribution in [0.5, 0.6) is 0 Å². The summed E-state index contributed by atoms with van der Waals surface area (Å²) in [6, 6.07) is 10.1. The summed E-state index contributed by atoms with van der Waals surface area (Å²) >= 11 is 5.26. The molecule has 0 atom stereocenters. The highest BCUT2D eigenvalue weighted by molar-refractivity contribution is 7.80. The molecule has 0 aliphatic heterocycles. The van der Waals surface area contributed by atoms with Gasteiger partial charge in [-0.1, -0.05) is 0 Å². The van der Waals surface area contributed by atoms with Gasteiger partial charge in [0.1, 0.15) is 5.82 Å². The van der Waals surface area contributed by atoms with Crippen LogP contribution < -0.4 is 10.6 Å². The number of hydrogen-bond donors (Lipinski definition) is 2. The third kappa shape index (κ3) is 7.15. The molecule has 2 N–H and O–H groups in total. The second kappa shape index (κ2) is 9.97. The standard InChI is InChI=1S/C21H23FN2O4S/c1-12(2)27-19(25)14-9-15(20(26)28-13(3)4)11-18(10-14)24-21(29)23-17-7-5-16(22)6-8-17/h5-13H,1-4H3,(H2,23,24,29). The van der Waals surface area contributed by atoms with Crippen molar-refractivity contribution in [1.82, 2.24) is 0 Å². The van der Waals surface area contributed by atoms with E-state index in [0.717, 1.165) is 0 Å². The molecule has 0 amide bonds. The lowest BCUT2D eigenvalue weighted by atomic mass is 10.1. The first-order valence-corrected chi connectivity index (χ1v) is 9.45. The number of anilines is 2. The van der Waals surface area contributed by atoms with Gasteiger partial charge >= 0.3 is 11.9 Å². The summed E-state index contributed by atoms with van der Waals surface area (Å²) in [7, 11) is 0. The number of rotatable bonds is 6. The van der Waals surface area contributed by atoms with Crippen LogP contribution >= 0.6 is 12.2 Å². The Balaban J connectivity index is 2.25. The molecule has 154 valence electrons. The number of ether oxygens (including phenoxy) is 2. The van der Waals surface area contributed by atoms with E-state index < -0.39 is 11.9 Å². The van der Waals surface area contributed by atoms with E-state index in [0.29, 0.717) is 11.4 Å². The fourth-order valence-corrected chi connectivity index (χ4v) is 2.56. The first-order chi connectivity index (χ1) is 13.6. The predicted molar refractivity (Wildman–Crippen MR) is 114 cm³/mol. The van der Waals surface area contributed by atoms with E-state index in [2.05, 4.69) is 10.6 Å². The summed E-state index contributed by atoms with van der Waals surface area (Å²) in [5.41, 5.74) is 1.35. The van der Waals surface area contributed by atoms with E-state index in [-0.39, 0.29) is 34.3 Å². The molecule has 0 aliphatic carbocycles. The van der Waals surface area contributed by atoms with Gasteiger partial charge in [0.25, 0.3) is 0 Å². The monoisotopic (exact) mass is 418 g/mol. The maximum absolute atomic E-state index is 13.0. The maximum atomic E-state index is 13.0. The minimum atomic E-state index is -0.570. The number of nitrogens with one attached hydrogen (secondary N) is 2. The van der Waals surface area contributed by atoms with Gasteiger partial charge in [-0.3, -0.25) is 0 Å². The number of thiocarbonyl (C=S) groups is 1. The highest BCUT2D eigenvalue weighted by Gasteiger charge is 2.17. The van der Waals surface area contributed by atoms with Crippen molar-refractivity contribution in [1.29, 1.82) is 0 Å². The van der Waals surface area contributed by atoms with Crippen molar-refractivity contribution >= 4 is 40.6 Å². The summed E-state index contributed by atoms with van der Waals surface area (Å²) in [6.45, 7) is 6.93. The largest absolute Gasteiger partial charge is 0.459 e. The lowest BCUT2D eigenvalue weighted by molar-refractivity contribution is 0.0377. The van der Waals surface area contributed by atoms with Gasteiger partial charge in [0.05, 0.1) is 23.3 Å². The average molecular weight is 418 g/mol. The number of carbonyl (C=O) groups excluding carboxylic acids is 2. The van der Waals surface area contributed by atoms with E-state index in [1.807, 2.05) is 0 Å². The van der Waals surface area contributed by atoms with Gasteiger partial charge in [-0.2, -0.15) is 0 Å². The topological polar surface area (TPSA) is 76.7 Å². The fraction of sp³-hybridized carbons (Fsp3) is 0.286. The van der Waals surface area contributed by atoms with E-state index in [4.69, 9.17) is 21.7 Å². The average Bonchev–Trinajstić information content (AvgIpc) is 2.62. The highest BCUT2D eigenvalue weighted by Crippen LogP contribution is 2.19. The Bertz CT molecular complexity index is 858. The van der Waals surface area contributed by atoms with Gasteiger partial charge in [0.2, 0.25) is 0 Å². The Morgan fingerprint density at radius 2 is 1.28 bits per heavy atom. The maximum Gasteiger partial charge on any atom is 0.338 e. The van der Waals surface area contributed by atoms with Crippen LogP contribution in [0.15, 0.2) is 42.5 Å². The van der Waals surface area contributed by atoms with Gasteiger partial charge in [-0.15, -0.1) is 0 Å². The Morgan fingerprint density at radius 3 is 1.72 bits per heavy atom. The normalized spacial score (nSPS) is 10.6. The molecule has 0 aliphatic rings. The van der Waals surface area contributed by atoms with Crippen LogP contribution in [0, 0.1) is 5.82 Å². The molecule has 8 heteroatoms. The lowest BCUT2D eigenvalue weighted by Gasteiger charge is -2.15. The van der Waals surface area contributed by atoms with E-state index in [1.54, 1.807) is 27.7 Å². The first-order valence-electron chi connectivity index (χ1n) is 9.04. The molecule has 0 saturated heterocycles. The molecule has 0 heterocycles. The number of esters is 2. The Morgan fingerprint density at radius 1 is 0.828 bits per heavy atom. The first kappa shape index (κ1) is 22.3. The molecule has 29 heavy (non-hydrogen) atoms. The number of halogens is 1. The van der Waals surface area contributed by atoms with Crippen molar-refractivity contribution in [3.05, 3.63) is 59.4 Å².